The van der Waals surface area contributed by atoms with Crippen LogP contribution in [0.25, 0.3) is 0 Å². The number of hydrogen-bond acceptors (Lipinski definition) is 1. The summed E-state index contributed by atoms with van der Waals surface area (Å²) in [5.41, 5.74) is 0. The van der Waals surface area contributed by atoms with Gasteiger partial charge in [0.15, 0.2) is 0 Å². The van der Waals surface area contributed by atoms with Gasteiger partial charge in [-0.2, -0.15) is 18.2 Å². The summed E-state index contributed by atoms with van der Waals surface area (Å²) in [5, 5.41) is 2.91. The fourth-order valence-corrected chi connectivity index (χ4v) is 1.28. The Morgan fingerprint density at radius 2 is 2.50 bits per heavy atom. The molecule has 2 heteroatoms. The molecule has 0 amide bonds. The Kier molecular flexibility index (Phi) is 5.77. The molecule has 0 spiro atoms. The van der Waals surface area contributed by atoms with Crippen LogP contribution in [0.3, 0.4) is 0 Å². The van der Waals surface area contributed by atoms with Crippen molar-refractivity contribution in [1.29, 1.82) is 0 Å². The molecule has 0 saturated heterocycles. The maximum absolute atomic E-state index is 3.15. The molecule has 43 valence electrons. The van der Waals surface area contributed by atoms with Crippen LogP contribution in [0.1, 0.15) is 19.8 Å². The van der Waals surface area contributed by atoms with Gasteiger partial charge in [0.2, 0.25) is 0 Å². The van der Waals surface area contributed by atoms with Gasteiger partial charge in [-0.1, -0.05) is 13.3 Å². The molecule has 1 aliphatic heterocycles. The van der Waals surface area contributed by atoms with Crippen molar-refractivity contribution in [3.05, 3.63) is 11.5 Å². The number of rotatable bonds is 0. The van der Waals surface area contributed by atoms with E-state index in [4.69, 9.17) is 0 Å². The molecule has 1 aliphatic rings. The van der Waals surface area contributed by atoms with Crippen molar-refractivity contribution in [2.45, 2.75) is 25.0 Å². The second-order valence-corrected chi connectivity index (χ2v) is 3.12. The molecule has 1 heterocycles. The molecule has 0 aromatic heterocycles. The first-order valence-corrected chi connectivity index (χ1v) is 3.54. The van der Waals surface area contributed by atoms with Crippen molar-refractivity contribution >= 4 is 11.8 Å². The van der Waals surface area contributed by atoms with E-state index in [1.165, 1.54) is 6.42 Å². The Hall–Kier alpha value is 1.19. The van der Waals surface area contributed by atoms with Gasteiger partial charge in [0.25, 0.3) is 0 Å². The van der Waals surface area contributed by atoms with Crippen molar-refractivity contribution in [1.82, 2.24) is 0 Å². The van der Waals surface area contributed by atoms with Crippen LogP contribution in [-0.2, 0) is 32.7 Å². The van der Waals surface area contributed by atoms with Crippen molar-refractivity contribution in [3.63, 3.8) is 0 Å². The molecular formula is C6H9SY-. The monoisotopic (exact) mass is 202 g/mol. The molecule has 0 fully saturated rings. The van der Waals surface area contributed by atoms with Crippen molar-refractivity contribution in [3.8, 4) is 0 Å². The molecule has 0 saturated carbocycles. The molecule has 0 bridgehead atoms. The second-order valence-electron chi connectivity index (χ2n) is 1.81. The molecular weight excluding hydrogens is 193 g/mol. The molecule has 0 aromatic carbocycles. The van der Waals surface area contributed by atoms with Gasteiger partial charge in [-0.05, 0) is 0 Å². The molecule has 8 heavy (non-hydrogen) atoms. The summed E-state index contributed by atoms with van der Waals surface area (Å²) in [6.45, 7) is 2.25. The van der Waals surface area contributed by atoms with E-state index in [1.54, 1.807) is 0 Å². The van der Waals surface area contributed by atoms with E-state index in [0.29, 0.717) is 0 Å². The SMILES string of the molecule is CC1CC[C-]=CS1.[Y]. The van der Waals surface area contributed by atoms with Crippen molar-refractivity contribution in [2.24, 2.45) is 0 Å². The van der Waals surface area contributed by atoms with Crippen LogP contribution in [-0.4, -0.2) is 5.25 Å². The third kappa shape index (κ3) is 3.27. The smallest absolute Gasteiger partial charge is 0.000888 e. The van der Waals surface area contributed by atoms with Gasteiger partial charge >= 0.3 is 0 Å². The Bertz CT molecular complexity index is 80.6. The Morgan fingerprint density at radius 3 is 2.75 bits per heavy atom. The molecule has 1 unspecified atom stereocenters. The second kappa shape index (κ2) is 5.02. The third-order valence-corrected chi connectivity index (χ3v) is 2.08. The minimum atomic E-state index is 0. The van der Waals surface area contributed by atoms with Crippen LogP contribution >= 0.6 is 11.8 Å². The Balaban J connectivity index is 0.000000490. The van der Waals surface area contributed by atoms with Crippen LogP contribution < -0.4 is 0 Å². The number of allylic oxidation sites excluding steroid dienone is 1. The van der Waals surface area contributed by atoms with E-state index in [9.17, 15) is 0 Å². The topological polar surface area (TPSA) is 0 Å². The van der Waals surface area contributed by atoms with Crippen LogP contribution in [0.5, 0.6) is 0 Å². The largest absolute Gasteiger partial charge is 0.490 e. The normalized spacial score (nSPS) is 26.9. The minimum absolute atomic E-state index is 0. The first kappa shape index (κ1) is 9.19. The molecule has 0 nitrogen and oxygen atoms in total. The van der Waals surface area contributed by atoms with E-state index in [1.807, 2.05) is 11.8 Å². The fraction of sp³-hybridized carbons (Fsp3) is 0.667. The standard InChI is InChI=1S/C6H9S.Y/c1-6-4-2-3-5-7-6;/h5-6H,2,4H2,1H3;/q-1;. The number of thioether (sulfide) groups is 1. The quantitative estimate of drug-likeness (QED) is 0.542. The molecule has 1 radical (unpaired) electrons. The van der Waals surface area contributed by atoms with Gasteiger partial charge in [-0.25, -0.2) is 5.41 Å². The van der Waals surface area contributed by atoms with Gasteiger partial charge in [0, 0.05) is 38.0 Å². The predicted molar refractivity (Wildman–Crippen MR) is 34.1 cm³/mol. The summed E-state index contributed by atoms with van der Waals surface area (Å²) in [6, 6.07) is 0. The van der Waals surface area contributed by atoms with Crippen molar-refractivity contribution in [2.75, 3.05) is 0 Å². The predicted octanol–water partition coefficient (Wildman–Crippen LogP) is 2.22. The van der Waals surface area contributed by atoms with Gasteiger partial charge in [-0.15, -0.1) is 0 Å². The van der Waals surface area contributed by atoms with Gasteiger partial charge in [0.05, 0.1) is 0 Å². The summed E-state index contributed by atoms with van der Waals surface area (Å²) in [4.78, 5) is 0. The van der Waals surface area contributed by atoms with Crippen LogP contribution in [0, 0.1) is 6.08 Å². The molecule has 1 rings (SSSR count). The zero-order valence-electron chi connectivity index (χ0n) is 5.05. The van der Waals surface area contributed by atoms with E-state index in [0.717, 1.165) is 11.7 Å². The summed E-state index contributed by atoms with van der Waals surface area (Å²) >= 11 is 1.88. The Labute approximate surface area is 80.4 Å². The summed E-state index contributed by atoms with van der Waals surface area (Å²) < 4.78 is 0. The first-order valence-electron chi connectivity index (χ1n) is 2.60. The molecule has 0 aromatic rings. The molecule has 0 aliphatic carbocycles. The zero-order valence-corrected chi connectivity index (χ0v) is 8.71. The third-order valence-electron chi connectivity index (χ3n) is 1.08. The molecule has 0 N–H and O–H groups in total. The van der Waals surface area contributed by atoms with E-state index >= 15 is 0 Å². The molecule has 1 atom stereocenters. The summed E-state index contributed by atoms with van der Waals surface area (Å²) in [6.07, 6.45) is 5.62. The average molecular weight is 202 g/mol. The maximum atomic E-state index is 3.15. The number of hydrogen-bond donors (Lipinski definition) is 0. The average Bonchev–Trinajstić information content (AvgIpc) is 1.69. The van der Waals surface area contributed by atoms with Gasteiger partial charge in [-0.3, -0.25) is 0 Å². The summed E-state index contributed by atoms with van der Waals surface area (Å²) in [7, 11) is 0. The minimum Gasteiger partial charge on any atom is -0.490 e. The van der Waals surface area contributed by atoms with Crippen LogP contribution in [0.15, 0.2) is 5.41 Å². The van der Waals surface area contributed by atoms with E-state index in [2.05, 4.69) is 18.4 Å². The van der Waals surface area contributed by atoms with E-state index < -0.39 is 0 Å². The Morgan fingerprint density at radius 1 is 1.75 bits per heavy atom. The fourth-order valence-electron chi connectivity index (χ4n) is 0.578. The zero-order chi connectivity index (χ0) is 5.11. The van der Waals surface area contributed by atoms with Crippen molar-refractivity contribution < 1.29 is 32.7 Å². The van der Waals surface area contributed by atoms with Gasteiger partial charge < -0.3 is 6.08 Å². The van der Waals surface area contributed by atoms with Gasteiger partial charge in [0.1, 0.15) is 0 Å². The van der Waals surface area contributed by atoms with Crippen LogP contribution in [0.4, 0.5) is 0 Å². The van der Waals surface area contributed by atoms with E-state index in [-0.39, 0.29) is 32.7 Å². The summed E-state index contributed by atoms with van der Waals surface area (Å²) in [5.74, 6) is 0. The maximum Gasteiger partial charge on any atom is 0.000888 e. The first-order chi connectivity index (χ1) is 3.39. The van der Waals surface area contributed by atoms with Crippen LogP contribution in [0.2, 0.25) is 0 Å².